The van der Waals surface area contributed by atoms with Gasteiger partial charge in [-0.05, 0) is 51.4 Å². The number of carbonyl (C=O) groups excluding carboxylic acids is 1. The minimum Gasteiger partial charge on any atom is -0.396 e. The molecule has 1 saturated heterocycles. The minimum atomic E-state index is 0.0104. The maximum atomic E-state index is 12.2. The van der Waals surface area contributed by atoms with Crippen molar-refractivity contribution in [3.63, 3.8) is 0 Å². The average Bonchev–Trinajstić information content (AvgIpc) is 2.47. The van der Waals surface area contributed by atoms with Crippen LogP contribution in [0.25, 0.3) is 0 Å². The van der Waals surface area contributed by atoms with Crippen molar-refractivity contribution in [2.45, 2.75) is 63.8 Å². The van der Waals surface area contributed by atoms with Gasteiger partial charge in [0.25, 0.3) is 0 Å². The number of rotatable bonds is 3. The molecule has 108 valence electrons. The van der Waals surface area contributed by atoms with Crippen molar-refractivity contribution in [2.75, 3.05) is 13.2 Å². The van der Waals surface area contributed by atoms with Gasteiger partial charge in [-0.3, -0.25) is 0 Å². The highest BCUT2D eigenvalue weighted by molar-refractivity contribution is 5.75. The summed E-state index contributed by atoms with van der Waals surface area (Å²) in [5, 5.41) is 12.0. The van der Waals surface area contributed by atoms with Gasteiger partial charge < -0.3 is 15.3 Å². The molecule has 4 nitrogen and oxygen atoms in total. The SMILES string of the molecule is O=C(NC=C1CCCCC1)N1CCCCC1CCO. The third-order valence-electron chi connectivity index (χ3n) is 4.25. The van der Waals surface area contributed by atoms with Crippen LogP contribution in [-0.4, -0.2) is 35.2 Å². The van der Waals surface area contributed by atoms with Gasteiger partial charge >= 0.3 is 6.03 Å². The molecule has 1 saturated carbocycles. The molecular weight excluding hydrogens is 240 g/mol. The second-order valence-electron chi connectivity index (χ2n) is 5.67. The summed E-state index contributed by atoms with van der Waals surface area (Å²) in [5.74, 6) is 0. The van der Waals surface area contributed by atoms with Crippen molar-refractivity contribution in [3.05, 3.63) is 11.8 Å². The van der Waals surface area contributed by atoms with E-state index in [4.69, 9.17) is 5.11 Å². The molecule has 2 aliphatic rings. The molecule has 2 rings (SSSR count). The predicted octanol–water partition coefficient (Wildman–Crippen LogP) is 2.78. The smallest absolute Gasteiger partial charge is 0.321 e. The predicted molar refractivity (Wildman–Crippen MR) is 75.7 cm³/mol. The van der Waals surface area contributed by atoms with Crippen LogP contribution in [0.4, 0.5) is 4.79 Å². The van der Waals surface area contributed by atoms with Gasteiger partial charge in [-0.15, -0.1) is 0 Å². The number of carbonyl (C=O) groups is 1. The van der Waals surface area contributed by atoms with Crippen LogP contribution in [0.1, 0.15) is 57.8 Å². The number of hydrogen-bond acceptors (Lipinski definition) is 2. The van der Waals surface area contributed by atoms with Crippen molar-refractivity contribution < 1.29 is 9.90 Å². The van der Waals surface area contributed by atoms with E-state index in [0.29, 0.717) is 6.42 Å². The van der Waals surface area contributed by atoms with Gasteiger partial charge in [0, 0.05) is 25.4 Å². The molecule has 2 N–H and O–H groups in total. The standard InChI is InChI=1S/C15H26N2O2/c18-11-9-14-8-4-5-10-17(14)15(19)16-12-13-6-2-1-3-7-13/h12,14,18H,1-11H2,(H,16,19). The van der Waals surface area contributed by atoms with Gasteiger partial charge in [0.1, 0.15) is 0 Å². The first-order chi connectivity index (χ1) is 9.31. The largest absolute Gasteiger partial charge is 0.396 e. The second kappa shape index (κ2) is 7.53. The number of nitrogens with zero attached hydrogens (tertiary/aromatic N) is 1. The fourth-order valence-corrected chi connectivity index (χ4v) is 3.11. The highest BCUT2D eigenvalue weighted by atomic mass is 16.3. The molecule has 2 fully saturated rings. The van der Waals surface area contributed by atoms with Crippen LogP contribution in [-0.2, 0) is 0 Å². The topological polar surface area (TPSA) is 52.6 Å². The Bertz CT molecular complexity index is 318. The maximum absolute atomic E-state index is 12.2. The van der Waals surface area contributed by atoms with Gasteiger partial charge in [-0.1, -0.05) is 12.0 Å². The summed E-state index contributed by atoms with van der Waals surface area (Å²) in [6, 6.07) is 0.222. The van der Waals surface area contributed by atoms with Crippen LogP contribution < -0.4 is 5.32 Å². The third-order valence-corrected chi connectivity index (χ3v) is 4.25. The Balaban J connectivity index is 1.86. The number of allylic oxidation sites excluding steroid dienone is 1. The van der Waals surface area contributed by atoms with Crippen LogP contribution in [0.3, 0.4) is 0 Å². The number of hydrogen-bond donors (Lipinski definition) is 2. The molecule has 0 radical (unpaired) electrons. The lowest BCUT2D eigenvalue weighted by atomic mass is 9.96. The van der Waals surface area contributed by atoms with Gasteiger partial charge in [0.15, 0.2) is 0 Å². The van der Waals surface area contributed by atoms with Crippen molar-refractivity contribution in [3.8, 4) is 0 Å². The molecule has 1 aliphatic heterocycles. The summed E-state index contributed by atoms with van der Waals surface area (Å²) in [7, 11) is 0. The summed E-state index contributed by atoms with van der Waals surface area (Å²) in [4.78, 5) is 14.1. The first-order valence-electron chi connectivity index (χ1n) is 7.67. The molecule has 0 bridgehead atoms. The Morgan fingerprint density at radius 1 is 1.26 bits per heavy atom. The lowest BCUT2D eigenvalue weighted by Crippen LogP contribution is -2.47. The molecule has 0 aromatic carbocycles. The van der Waals surface area contributed by atoms with Gasteiger partial charge in [0.2, 0.25) is 0 Å². The monoisotopic (exact) mass is 266 g/mol. The summed E-state index contributed by atoms with van der Waals surface area (Å²) in [5.41, 5.74) is 1.37. The van der Waals surface area contributed by atoms with Crippen LogP contribution in [0.5, 0.6) is 0 Å². The van der Waals surface area contributed by atoms with E-state index in [0.717, 1.165) is 38.6 Å². The molecule has 1 aliphatic carbocycles. The van der Waals surface area contributed by atoms with Crippen LogP contribution in [0.15, 0.2) is 11.8 Å². The Morgan fingerprint density at radius 2 is 2.05 bits per heavy atom. The number of aliphatic hydroxyl groups excluding tert-OH is 1. The van der Waals surface area contributed by atoms with E-state index in [2.05, 4.69) is 5.32 Å². The average molecular weight is 266 g/mol. The number of aliphatic hydroxyl groups is 1. The molecule has 19 heavy (non-hydrogen) atoms. The molecular formula is C15H26N2O2. The van der Waals surface area contributed by atoms with Crippen molar-refractivity contribution in [1.29, 1.82) is 0 Å². The van der Waals surface area contributed by atoms with E-state index in [1.807, 2.05) is 11.1 Å². The van der Waals surface area contributed by atoms with E-state index in [1.54, 1.807) is 0 Å². The second-order valence-corrected chi connectivity index (χ2v) is 5.67. The zero-order valence-electron chi connectivity index (χ0n) is 11.7. The molecule has 4 heteroatoms. The number of amides is 2. The number of urea groups is 1. The van der Waals surface area contributed by atoms with Crippen molar-refractivity contribution in [1.82, 2.24) is 10.2 Å². The zero-order valence-corrected chi connectivity index (χ0v) is 11.7. The molecule has 0 aromatic rings. The van der Waals surface area contributed by atoms with Crippen LogP contribution in [0, 0.1) is 0 Å². The Kier molecular flexibility index (Phi) is 5.70. The van der Waals surface area contributed by atoms with Crippen LogP contribution >= 0.6 is 0 Å². The molecule has 0 aromatic heterocycles. The molecule has 1 unspecified atom stereocenters. The van der Waals surface area contributed by atoms with Gasteiger partial charge in [-0.25, -0.2) is 4.79 Å². The van der Waals surface area contributed by atoms with Crippen molar-refractivity contribution >= 4 is 6.03 Å². The normalized spacial score (nSPS) is 24.2. The highest BCUT2D eigenvalue weighted by Crippen LogP contribution is 2.22. The lowest BCUT2D eigenvalue weighted by Gasteiger charge is -2.35. The summed E-state index contributed by atoms with van der Waals surface area (Å²) >= 11 is 0. The third kappa shape index (κ3) is 4.23. The van der Waals surface area contributed by atoms with Crippen molar-refractivity contribution in [2.24, 2.45) is 0 Å². The minimum absolute atomic E-state index is 0.0104. The molecule has 1 atom stereocenters. The van der Waals surface area contributed by atoms with E-state index < -0.39 is 0 Å². The Hall–Kier alpha value is -1.03. The van der Waals surface area contributed by atoms with E-state index in [9.17, 15) is 4.79 Å². The summed E-state index contributed by atoms with van der Waals surface area (Å²) in [6.45, 7) is 0.981. The first kappa shape index (κ1) is 14.4. The van der Waals surface area contributed by atoms with Gasteiger partial charge in [-0.2, -0.15) is 0 Å². The fourth-order valence-electron chi connectivity index (χ4n) is 3.11. The van der Waals surface area contributed by atoms with E-state index >= 15 is 0 Å². The van der Waals surface area contributed by atoms with Gasteiger partial charge in [0.05, 0.1) is 0 Å². The maximum Gasteiger partial charge on any atom is 0.321 e. The summed E-state index contributed by atoms with van der Waals surface area (Å²) < 4.78 is 0. The van der Waals surface area contributed by atoms with E-state index in [-0.39, 0.29) is 18.7 Å². The van der Waals surface area contributed by atoms with Crippen LogP contribution in [0.2, 0.25) is 0 Å². The molecule has 2 amide bonds. The summed E-state index contributed by atoms with van der Waals surface area (Å²) in [6.07, 6.45) is 11.9. The zero-order chi connectivity index (χ0) is 13.5. The highest BCUT2D eigenvalue weighted by Gasteiger charge is 2.25. The number of likely N-dealkylation sites (tertiary alicyclic amines) is 1. The number of nitrogens with one attached hydrogen (secondary N) is 1. The Labute approximate surface area is 115 Å². The fraction of sp³-hybridized carbons (Fsp3) is 0.800. The molecule has 0 spiro atoms. The first-order valence-corrected chi connectivity index (χ1v) is 7.67. The van der Waals surface area contributed by atoms with E-state index in [1.165, 1.54) is 24.8 Å². The molecule has 1 heterocycles. The lowest BCUT2D eigenvalue weighted by molar-refractivity contribution is 0.134. The quantitative estimate of drug-likeness (QED) is 0.825. The number of piperidine rings is 1. The Morgan fingerprint density at radius 3 is 2.79 bits per heavy atom.